The van der Waals surface area contributed by atoms with Crippen LogP contribution in [0.25, 0.3) is 0 Å². The summed E-state index contributed by atoms with van der Waals surface area (Å²) in [5.74, 6) is 1.64. The fourth-order valence-corrected chi connectivity index (χ4v) is 3.21. The number of methoxy groups -OCH3 is 1. The van der Waals surface area contributed by atoms with Crippen LogP contribution in [0.5, 0.6) is 11.5 Å². The number of β-amino-alcohol motifs (C(OH)–C–C–N with tert-alkyl or cyclic N) is 1. The third-order valence-corrected chi connectivity index (χ3v) is 4.28. The SMILES string of the molecule is COc1cccc2c1OCCCN(CC1(O)CCNC1)C2. The van der Waals surface area contributed by atoms with Crippen LogP contribution in [0.2, 0.25) is 0 Å². The van der Waals surface area contributed by atoms with Gasteiger partial charge in [0.05, 0.1) is 19.3 Å². The summed E-state index contributed by atoms with van der Waals surface area (Å²) in [7, 11) is 1.67. The molecule has 0 aliphatic carbocycles. The predicted octanol–water partition coefficient (Wildman–Crippen LogP) is 1.00. The number of rotatable bonds is 3. The molecule has 1 aromatic carbocycles. The van der Waals surface area contributed by atoms with Gasteiger partial charge in [-0.3, -0.25) is 4.90 Å². The smallest absolute Gasteiger partial charge is 0.165 e. The fraction of sp³-hybridized carbons (Fsp3) is 0.625. The molecule has 0 radical (unpaired) electrons. The van der Waals surface area contributed by atoms with E-state index in [-0.39, 0.29) is 0 Å². The third-order valence-electron chi connectivity index (χ3n) is 4.28. The number of fused-ring (bicyclic) bond motifs is 1. The monoisotopic (exact) mass is 292 g/mol. The zero-order valence-electron chi connectivity index (χ0n) is 12.6. The van der Waals surface area contributed by atoms with Crippen LogP contribution in [0.3, 0.4) is 0 Å². The Balaban J connectivity index is 1.78. The molecule has 0 aromatic heterocycles. The molecule has 116 valence electrons. The van der Waals surface area contributed by atoms with Gasteiger partial charge in [0.2, 0.25) is 0 Å². The van der Waals surface area contributed by atoms with Crippen molar-refractivity contribution < 1.29 is 14.6 Å². The topological polar surface area (TPSA) is 54.0 Å². The van der Waals surface area contributed by atoms with Crippen LogP contribution in [-0.2, 0) is 6.54 Å². The summed E-state index contributed by atoms with van der Waals surface area (Å²) in [6.07, 6.45) is 1.78. The average Bonchev–Trinajstić information content (AvgIpc) is 2.88. The Kier molecular flexibility index (Phi) is 4.33. The molecule has 5 nitrogen and oxygen atoms in total. The van der Waals surface area contributed by atoms with Crippen molar-refractivity contribution in [2.45, 2.75) is 25.0 Å². The van der Waals surface area contributed by atoms with Crippen LogP contribution >= 0.6 is 0 Å². The summed E-state index contributed by atoms with van der Waals surface area (Å²) in [6, 6.07) is 6.00. The molecule has 0 bridgehead atoms. The fourth-order valence-electron chi connectivity index (χ4n) is 3.21. The summed E-state index contributed by atoms with van der Waals surface area (Å²) in [6.45, 7) is 4.70. The van der Waals surface area contributed by atoms with E-state index in [0.29, 0.717) is 19.7 Å². The van der Waals surface area contributed by atoms with E-state index in [1.165, 1.54) is 0 Å². The van der Waals surface area contributed by atoms with Crippen molar-refractivity contribution in [1.82, 2.24) is 10.2 Å². The molecule has 2 N–H and O–H groups in total. The first-order chi connectivity index (χ1) is 10.2. The number of aliphatic hydroxyl groups is 1. The Bertz CT molecular complexity index is 486. The van der Waals surface area contributed by atoms with E-state index >= 15 is 0 Å². The van der Waals surface area contributed by atoms with Crippen molar-refractivity contribution >= 4 is 0 Å². The van der Waals surface area contributed by atoms with Gasteiger partial charge in [-0.05, 0) is 25.5 Å². The molecule has 1 aromatic rings. The van der Waals surface area contributed by atoms with Crippen LogP contribution < -0.4 is 14.8 Å². The number of nitrogens with zero attached hydrogens (tertiary/aromatic N) is 1. The van der Waals surface area contributed by atoms with Gasteiger partial charge >= 0.3 is 0 Å². The molecule has 2 heterocycles. The molecule has 3 rings (SSSR count). The van der Waals surface area contributed by atoms with Gasteiger partial charge in [-0.1, -0.05) is 12.1 Å². The summed E-state index contributed by atoms with van der Waals surface area (Å²) in [5, 5.41) is 13.8. The first kappa shape index (κ1) is 14.6. The van der Waals surface area contributed by atoms with Gasteiger partial charge in [0, 0.05) is 31.7 Å². The lowest BCUT2D eigenvalue weighted by atomic mass is 10.0. The molecule has 2 aliphatic heterocycles. The van der Waals surface area contributed by atoms with Crippen LogP contribution in [0.1, 0.15) is 18.4 Å². The molecule has 1 saturated heterocycles. The van der Waals surface area contributed by atoms with Crippen molar-refractivity contribution in [1.29, 1.82) is 0 Å². The lowest BCUT2D eigenvalue weighted by molar-refractivity contribution is 0.0152. The molecule has 1 atom stereocenters. The molecule has 1 fully saturated rings. The summed E-state index contributed by atoms with van der Waals surface area (Å²) < 4.78 is 11.3. The average molecular weight is 292 g/mol. The van der Waals surface area contributed by atoms with Crippen molar-refractivity contribution in [3.63, 3.8) is 0 Å². The Morgan fingerprint density at radius 3 is 3.14 bits per heavy atom. The van der Waals surface area contributed by atoms with Crippen molar-refractivity contribution in [2.75, 3.05) is 39.9 Å². The van der Waals surface area contributed by atoms with Crippen molar-refractivity contribution in [3.8, 4) is 11.5 Å². The molecule has 2 aliphatic rings. The normalized spacial score (nSPS) is 26.6. The zero-order chi connectivity index (χ0) is 14.7. The highest BCUT2D eigenvalue weighted by molar-refractivity contribution is 5.46. The summed E-state index contributed by atoms with van der Waals surface area (Å²) in [5.41, 5.74) is 0.530. The molecule has 1 unspecified atom stereocenters. The number of ether oxygens (including phenoxy) is 2. The maximum atomic E-state index is 10.6. The number of hydrogen-bond donors (Lipinski definition) is 2. The van der Waals surface area contributed by atoms with Gasteiger partial charge in [0.1, 0.15) is 0 Å². The molecular formula is C16H24N2O3. The van der Waals surface area contributed by atoms with Gasteiger partial charge < -0.3 is 19.9 Å². The first-order valence-electron chi connectivity index (χ1n) is 7.64. The Hall–Kier alpha value is -1.30. The van der Waals surface area contributed by atoms with E-state index in [0.717, 1.165) is 49.5 Å². The number of nitrogens with one attached hydrogen (secondary N) is 1. The van der Waals surface area contributed by atoms with Crippen LogP contribution in [0.4, 0.5) is 0 Å². The van der Waals surface area contributed by atoms with Crippen LogP contribution in [-0.4, -0.2) is 55.5 Å². The Morgan fingerprint density at radius 2 is 2.38 bits per heavy atom. The maximum absolute atomic E-state index is 10.6. The number of para-hydroxylation sites is 1. The minimum atomic E-state index is -0.598. The second kappa shape index (κ2) is 6.22. The minimum Gasteiger partial charge on any atom is -0.493 e. The third kappa shape index (κ3) is 3.31. The highest BCUT2D eigenvalue weighted by Crippen LogP contribution is 2.33. The number of benzene rings is 1. The lowest BCUT2D eigenvalue weighted by Crippen LogP contribution is -2.45. The Morgan fingerprint density at radius 1 is 1.48 bits per heavy atom. The van der Waals surface area contributed by atoms with Gasteiger partial charge in [-0.25, -0.2) is 0 Å². The van der Waals surface area contributed by atoms with E-state index in [9.17, 15) is 5.11 Å². The molecule has 21 heavy (non-hydrogen) atoms. The standard InChI is InChI=1S/C16H24N2O3/c1-20-14-5-2-4-13-10-18(8-3-9-21-15(13)14)12-16(19)6-7-17-11-16/h2,4-5,17,19H,3,6-12H2,1H3. The quantitative estimate of drug-likeness (QED) is 0.870. The second-order valence-electron chi connectivity index (χ2n) is 6.01. The molecule has 0 spiro atoms. The van der Waals surface area contributed by atoms with Crippen LogP contribution in [0, 0.1) is 0 Å². The zero-order valence-corrected chi connectivity index (χ0v) is 12.6. The van der Waals surface area contributed by atoms with Gasteiger partial charge in [-0.2, -0.15) is 0 Å². The van der Waals surface area contributed by atoms with E-state index in [2.05, 4.69) is 16.3 Å². The van der Waals surface area contributed by atoms with E-state index in [1.807, 2.05) is 12.1 Å². The lowest BCUT2D eigenvalue weighted by Gasteiger charge is -2.32. The van der Waals surface area contributed by atoms with Crippen LogP contribution in [0.15, 0.2) is 18.2 Å². The van der Waals surface area contributed by atoms with Gasteiger partial charge in [0.25, 0.3) is 0 Å². The molecular weight excluding hydrogens is 268 g/mol. The predicted molar refractivity (Wildman–Crippen MR) is 80.8 cm³/mol. The largest absolute Gasteiger partial charge is 0.493 e. The molecule has 5 heteroatoms. The summed E-state index contributed by atoms with van der Waals surface area (Å²) in [4.78, 5) is 2.33. The second-order valence-corrected chi connectivity index (χ2v) is 6.01. The highest BCUT2D eigenvalue weighted by Gasteiger charge is 2.33. The summed E-state index contributed by atoms with van der Waals surface area (Å²) >= 11 is 0. The minimum absolute atomic E-state index is 0.598. The molecule has 0 saturated carbocycles. The maximum Gasteiger partial charge on any atom is 0.165 e. The highest BCUT2D eigenvalue weighted by atomic mass is 16.5. The van der Waals surface area contributed by atoms with E-state index in [4.69, 9.17) is 9.47 Å². The van der Waals surface area contributed by atoms with E-state index in [1.54, 1.807) is 7.11 Å². The first-order valence-corrected chi connectivity index (χ1v) is 7.64. The van der Waals surface area contributed by atoms with Gasteiger partial charge in [0.15, 0.2) is 11.5 Å². The van der Waals surface area contributed by atoms with Crippen molar-refractivity contribution in [3.05, 3.63) is 23.8 Å². The van der Waals surface area contributed by atoms with E-state index < -0.39 is 5.60 Å². The Labute approximate surface area is 125 Å². The molecule has 0 amide bonds. The van der Waals surface area contributed by atoms with Crippen molar-refractivity contribution in [2.24, 2.45) is 0 Å². The van der Waals surface area contributed by atoms with Gasteiger partial charge in [-0.15, -0.1) is 0 Å². The number of hydrogen-bond acceptors (Lipinski definition) is 5.